The van der Waals surface area contributed by atoms with Gasteiger partial charge in [-0.3, -0.25) is 0 Å². The van der Waals surface area contributed by atoms with Crippen LogP contribution in [0.15, 0.2) is 60.9 Å². The molecule has 6 rings (SSSR count). The Balaban J connectivity index is 1.52. The summed E-state index contributed by atoms with van der Waals surface area (Å²) in [5.74, 6) is 0. The van der Waals surface area contributed by atoms with E-state index in [0.29, 0.717) is 0 Å². The monoisotopic (exact) mass is 508 g/mol. The Bertz CT molecular complexity index is 1650. The molecule has 0 radical (unpaired) electrons. The molecule has 188 valence electrons. The largest absolute Gasteiger partial charge is 0.495 e. The Hall–Kier alpha value is -2.80. The molecular weight excluding hydrogens is 475 g/mol. The van der Waals surface area contributed by atoms with Crippen LogP contribution in [-0.4, -0.2) is 28.3 Å². The molecule has 3 aromatic carbocycles. The van der Waals surface area contributed by atoms with Gasteiger partial charge in [0.1, 0.15) is 6.33 Å². The number of benzene rings is 3. The molecule has 0 amide bonds. The number of aromatic nitrogens is 2. The Labute approximate surface area is 223 Å². The van der Waals surface area contributed by atoms with Crippen molar-refractivity contribution < 1.29 is 9.31 Å². The first-order valence-corrected chi connectivity index (χ1v) is 13.8. The van der Waals surface area contributed by atoms with Gasteiger partial charge in [0.2, 0.25) is 0 Å². The van der Waals surface area contributed by atoms with Crippen LogP contribution in [0, 0.1) is 5.41 Å². The van der Waals surface area contributed by atoms with E-state index in [4.69, 9.17) is 19.3 Å². The maximum atomic E-state index is 6.49. The topological polar surface area (TPSA) is 44.2 Å². The van der Waals surface area contributed by atoms with Crippen LogP contribution in [-0.2, 0) is 15.7 Å². The zero-order valence-electron chi connectivity index (χ0n) is 22.7. The van der Waals surface area contributed by atoms with Crippen LogP contribution in [0.2, 0.25) is 0 Å². The lowest BCUT2D eigenvalue weighted by Gasteiger charge is -2.32. The van der Waals surface area contributed by atoms with Crippen molar-refractivity contribution >= 4 is 55.0 Å². The molecular formula is C31H33BN2O2S. The number of fused-ring (bicyclic) bond motifs is 4. The summed E-state index contributed by atoms with van der Waals surface area (Å²) in [4.78, 5) is 9.51. The molecule has 0 aliphatic carbocycles. The second kappa shape index (κ2) is 8.35. The van der Waals surface area contributed by atoms with E-state index in [1.807, 2.05) is 0 Å². The van der Waals surface area contributed by atoms with Crippen LogP contribution in [0.1, 0.15) is 54.0 Å². The molecule has 1 fully saturated rings. The third-order valence-corrected chi connectivity index (χ3v) is 8.87. The van der Waals surface area contributed by atoms with Gasteiger partial charge in [-0.15, -0.1) is 11.3 Å². The standard InChI is InChI=1S/C31H33BN2O2S/c1-29(2,3)17-19-12-13-23-25(14-19)37-28-26(33-18-34-27(23)28)21-15-20-10-8-9-11-22(20)24(16-21)32-35-30(4,5)31(6,7)36-32/h8-16,18H,17H2,1-7H3. The van der Waals surface area contributed by atoms with Gasteiger partial charge in [-0.1, -0.05) is 63.2 Å². The van der Waals surface area contributed by atoms with Crippen LogP contribution in [0.5, 0.6) is 0 Å². The highest BCUT2D eigenvalue weighted by atomic mass is 32.1. The zero-order valence-corrected chi connectivity index (χ0v) is 23.5. The van der Waals surface area contributed by atoms with Gasteiger partial charge in [-0.05, 0) is 73.5 Å². The molecule has 37 heavy (non-hydrogen) atoms. The van der Waals surface area contributed by atoms with Gasteiger partial charge in [0, 0.05) is 15.6 Å². The van der Waals surface area contributed by atoms with Crippen LogP contribution in [0.25, 0.3) is 42.3 Å². The van der Waals surface area contributed by atoms with Crippen molar-refractivity contribution in [3.05, 3.63) is 66.5 Å². The SMILES string of the molecule is CC(C)(C)Cc1ccc2c(c1)sc1c(-c3cc(B4OC(C)(C)C(C)(C)O4)c4ccccc4c3)ncnc12. The van der Waals surface area contributed by atoms with Gasteiger partial charge < -0.3 is 9.31 Å². The maximum absolute atomic E-state index is 6.49. The van der Waals surface area contributed by atoms with E-state index < -0.39 is 18.3 Å². The fourth-order valence-corrected chi connectivity index (χ4v) is 6.42. The first-order chi connectivity index (χ1) is 17.4. The Morgan fingerprint density at radius 2 is 1.59 bits per heavy atom. The molecule has 0 saturated carbocycles. The number of nitrogens with zero attached hydrogens (tertiary/aromatic N) is 2. The van der Waals surface area contributed by atoms with Crippen molar-refractivity contribution in [2.75, 3.05) is 0 Å². The fraction of sp³-hybridized carbons (Fsp3) is 0.355. The summed E-state index contributed by atoms with van der Waals surface area (Å²) in [6, 6.07) is 19.7. The molecule has 0 N–H and O–H groups in total. The van der Waals surface area contributed by atoms with E-state index in [1.165, 1.54) is 15.6 Å². The molecule has 6 heteroatoms. The number of hydrogen-bond acceptors (Lipinski definition) is 5. The molecule has 0 unspecified atom stereocenters. The molecule has 0 bridgehead atoms. The van der Waals surface area contributed by atoms with Crippen molar-refractivity contribution in [3.8, 4) is 11.3 Å². The molecule has 4 nitrogen and oxygen atoms in total. The van der Waals surface area contributed by atoms with Gasteiger partial charge in [0.05, 0.1) is 27.1 Å². The predicted octanol–water partition coefficient (Wildman–Crippen LogP) is 7.55. The predicted molar refractivity (Wildman–Crippen MR) is 157 cm³/mol. The lowest BCUT2D eigenvalue weighted by Crippen LogP contribution is -2.41. The van der Waals surface area contributed by atoms with Gasteiger partial charge in [-0.25, -0.2) is 9.97 Å². The van der Waals surface area contributed by atoms with E-state index in [9.17, 15) is 0 Å². The molecule has 0 spiro atoms. The average Bonchev–Trinajstić information content (AvgIpc) is 3.29. The highest BCUT2D eigenvalue weighted by Crippen LogP contribution is 2.40. The number of thiophene rings is 1. The summed E-state index contributed by atoms with van der Waals surface area (Å²) in [5, 5.41) is 3.47. The summed E-state index contributed by atoms with van der Waals surface area (Å²) in [6.45, 7) is 15.2. The zero-order chi connectivity index (χ0) is 26.2. The van der Waals surface area contributed by atoms with Crippen molar-refractivity contribution in [3.63, 3.8) is 0 Å². The van der Waals surface area contributed by atoms with Gasteiger partial charge in [-0.2, -0.15) is 0 Å². The van der Waals surface area contributed by atoms with E-state index in [-0.39, 0.29) is 5.41 Å². The van der Waals surface area contributed by atoms with Gasteiger partial charge in [0.15, 0.2) is 0 Å². The molecule has 5 aromatic rings. The van der Waals surface area contributed by atoms with Gasteiger partial charge in [0.25, 0.3) is 0 Å². The van der Waals surface area contributed by atoms with Crippen LogP contribution >= 0.6 is 11.3 Å². The fourth-order valence-electron chi connectivity index (χ4n) is 5.19. The van der Waals surface area contributed by atoms with Crippen molar-refractivity contribution in [2.45, 2.75) is 66.1 Å². The summed E-state index contributed by atoms with van der Waals surface area (Å²) in [6.07, 6.45) is 2.73. The van der Waals surface area contributed by atoms with E-state index in [2.05, 4.69) is 103 Å². The second-order valence-corrected chi connectivity index (χ2v) is 13.5. The lowest BCUT2D eigenvalue weighted by molar-refractivity contribution is 0.00578. The van der Waals surface area contributed by atoms with E-state index >= 15 is 0 Å². The molecule has 3 heterocycles. The van der Waals surface area contributed by atoms with E-state index in [1.54, 1.807) is 17.7 Å². The lowest BCUT2D eigenvalue weighted by atomic mass is 9.75. The Kier molecular flexibility index (Phi) is 5.54. The van der Waals surface area contributed by atoms with Crippen LogP contribution in [0.3, 0.4) is 0 Å². The third-order valence-electron chi connectivity index (χ3n) is 7.73. The first kappa shape index (κ1) is 24.5. The summed E-state index contributed by atoms with van der Waals surface area (Å²) in [7, 11) is -0.449. The van der Waals surface area contributed by atoms with Crippen molar-refractivity contribution in [2.24, 2.45) is 5.41 Å². The summed E-state index contributed by atoms with van der Waals surface area (Å²) >= 11 is 1.78. The molecule has 1 aliphatic heterocycles. The number of rotatable bonds is 3. The Morgan fingerprint density at radius 3 is 2.32 bits per heavy atom. The Morgan fingerprint density at radius 1 is 0.865 bits per heavy atom. The molecule has 2 aromatic heterocycles. The van der Waals surface area contributed by atoms with Gasteiger partial charge >= 0.3 is 7.12 Å². The van der Waals surface area contributed by atoms with Crippen LogP contribution < -0.4 is 5.46 Å². The summed E-state index contributed by atoms with van der Waals surface area (Å²) in [5.41, 5.74) is 4.83. The van der Waals surface area contributed by atoms with E-state index in [0.717, 1.165) is 44.1 Å². The minimum Gasteiger partial charge on any atom is -0.399 e. The molecule has 1 aliphatic rings. The molecule has 1 saturated heterocycles. The highest BCUT2D eigenvalue weighted by molar-refractivity contribution is 7.26. The van der Waals surface area contributed by atoms with Crippen molar-refractivity contribution in [1.29, 1.82) is 0 Å². The highest BCUT2D eigenvalue weighted by Gasteiger charge is 2.52. The minimum absolute atomic E-state index is 0.240. The smallest absolute Gasteiger partial charge is 0.399 e. The van der Waals surface area contributed by atoms with Crippen LogP contribution in [0.4, 0.5) is 0 Å². The third kappa shape index (κ3) is 4.25. The quantitative estimate of drug-likeness (QED) is 0.236. The average molecular weight is 508 g/mol. The minimum atomic E-state index is -0.449. The molecule has 0 atom stereocenters. The second-order valence-electron chi connectivity index (χ2n) is 12.4. The summed E-state index contributed by atoms with van der Waals surface area (Å²) < 4.78 is 15.3. The normalized spacial score (nSPS) is 17.3. The first-order valence-electron chi connectivity index (χ1n) is 13.0. The number of hydrogen-bond donors (Lipinski definition) is 0. The van der Waals surface area contributed by atoms with Crippen molar-refractivity contribution in [1.82, 2.24) is 9.97 Å². The maximum Gasteiger partial charge on any atom is 0.495 e.